The normalized spacial score (nSPS) is 11.6. The number of hydrogen-bond donors (Lipinski definition) is 1. The lowest BCUT2D eigenvalue weighted by Crippen LogP contribution is -2.23. The molecule has 90 valence electrons. The van der Waals surface area contributed by atoms with E-state index in [9.17, 15) is 0 Å². The highest BCUT2D eigenvalue weighted by molar-refractivity contribution is 5.38. The van der Waals surface area contributed by atoms with Gasteiger partial charge in [-0.05, 0) is 49.5 Å². The monoisotopic (exact) mass is 221 g/mol. The average molecular weight is 221 g/mol. The van der Waals surface area contributed by atoms with Crippen LogP contribution in [-0.2, 0) is 5.41 Å². The zero-order valence-electron chi connectivity index (χ0n) is 11.1. The second-order valence-electron chi connectivity index (χ2n) is 4.92. The van der Waals surface area contributed by atoms with Crippen LogP contribution >= 0.6 is 0 Å². The number of ether oxygens (including phenoxy) is 1. The Kier molecular flexibility index (Phi) is 4.36. The van der Waals surface area contributed by atoms with Gasteiger partial charge in [-0.25, -0.2) is 0 Å². The number of hydrogen-bond acceptors (Lipinski definition) is 2. The van der Waals surface area contributed by atoms with Crippen molar-refractivity contribution in [3.05, 3.63) is 29.3 Å². The molecule has 0 bridgehead atoms. The zero-order chi connectivity index (χ0) is 12.2. The van der Waals surface area contributed by atoms with Gasteiger partial charge < -0.3 is 10.1 Å². The van der Waals surface area contributed by atoms with E-state index < -0.39 is 0 Å². The maximum Gasteiger partial charge on any atom is 0.121 e. The number of rotatable bonds is 5. The topological polar surface area (TPSA) is 21.3 Å². The molecule has 1 aromatic carbocycles. The molecular formula is C14H23NO. The second kappa shape index (κ2) is 5.35. The summed E-state index contributed by atoms with van der Waals surface area (Å²) < 4.78 is 5.28. The van der Waals surface area contributed by atoms with Crippen LogP contribution in [-0.4, -0.2) is 20.7 Å². The summed E-state index contributed by atoms with van der Waals surface area (Å²) in [4.78, 5) is 0. The molecular weight excluding hydrogens is 198 g/mol. The summed E-state index contributed by atoms with van der Waals surface area (Å²) in [6.07, 6.45) is 1.13. The third-order valence-corrected chi connectivity index (χ3v) is 3.18. The standard InChI is InChI=1S/C14H23NO/c1-11-10-12(6-7-13(11)16-5)14(2,3)8-9-15-4/h6-7,10,15H,8-9H2,1-5H3. The fourth-order valence-electron chi connectivity index (χ4n) is 1.88. The molecule has 1 rings (SSSR count). The molecule has 0 aromatic heterocycles. The lowest BCUT2D eigenvalue weighted by molar-refractivity contribution is 0.410. The minimum absolute atomic E-state index is 0.208. The lowest BCUT2D eigenvalue weighted by atomic mass is 9.81. The van der Waals surface area contributed by atoms with E-state index in [4.69, 9.17) is 4.74 Å². The molecule has 0 radical (unpaired) electrons. The van der Waals surface area contributed by atoms with Gasteiger partial charge in [0.2, 0.25) is 0 Å². The van der Waals surface area contributed by atoms with Crippen molar-refractivity contribution in [1.82, 2.24) is 5.32 Å². The van der Waals surface area contributed by atoms with Gasteiger partial charge in [-0.15, -0.1) is 0 Å². The molecule has 1 aromatic rings. The first-order valence-corrected chi connectivity index (χ1v) is 5.81. The van der Waals surface area contributed by atoms with Crippen LogP contribution in [0.25, 0.3) is 0 Å². The molecule has 0 atom stereocenters. The summed E-state index contributed by atoms with van der Waals surface area (Å²) >= 11 is 0. The van der Waals surface area contributed by atoms with Crippen molar-refractivity contribution >= 4 is 0 Å². The van der Waals surface area contributed by atoms with Crippen LogP contribution in [0.5, 0.6) is 5.75 Å². The summed E-state index contributed by atoms with van der Waals surface area (Å²) in [7, 11) is 3.71. The molecule has 0 saturated carbocycles. The van der Waals surface area contributed by atoms with E-state index in [0.29, 0.717) is 0 Å². The molecule has 16 heavy (non-hydrogen) atoms. The first-order chi connectivity index (χ1) is 7.51. The third-order valence-electron chi connectivity index (χ3n) is 3.18. The van der Waals surface area contributed by atoms with Gasteiger partial charge in [-0.2, -0.15) is 0 Å². The predicted molar refractivity (Wildman–Crippen MR) is 69.3 cm³/mol. The van der Waals surface area contributed by atoms with E-state index in [1.807, 2.05) is 7.05 Å². The maximum absolute atomic E-state index is 5.28. The molecule has 0 aliphatic heterocycles. The molecule has 0 aliphatic carbocycles. The Morgan fingerprint density at radius 3 is 2.50 bits per heavy atom. The van der Waals surface area contributed by atoms with E-state index >= 15 is 0 Å². The van der Waals surface area contributed by atoms with Gasteiger partial charge in [0.15, 0.2) is 0 Å². The molecule has 0 amide bonds. The Balaban J connectivity index is 2.91. The highest BCUT2D eigenvalue weighted by Crippen LogP contribution is 2.30. The largest absolute Gasteiger partial charge is 0.496 e. The highest BCUT2D eigenvalue weighted by Gasteiger charge is 2.20. The minimum atomic E-state index is 0.208. The zero-order valence-corrected chi connectivity index (χ0v) is 11.1. The van der Waals surface area contributed by atoms with Crippen LogP contribution in [0.4, 0.5) is 0 Å². The predicted octanol–water partition coefficient (Wildman–Crippen LogP) is 2.89. The van der Waals surface area contributed by atoms with Gasteiger partial charge in [-0.1, -0.05) is 26.0 Å². The Morgan fingerprint density at radius 1 is 1.31 bits per heavy atom. The van der Waals surface area contributed by atoms with E-state index in [1.54, 1.807) is 7.11 Å². The molecule has 0 heterocycles. The van der Waals surface area contributed by atoms with Crippen molar-refractivity contribution in [3.63, 3.8) is 0 Å². The summed E-state index contributed by atoms with van der Waals surface area (Å²) in [5.41, 5.74) is 2.79. The van der Waals surface area contributed by atoms with E-state index in [0.717, 1.165) is 18.7 Å². The number of aryl methyl sites for hydroxylation is 1. The van der Waals surface area contributed by atoms with Gasteiger partial charge in [-0.3, -0.25) is 0 Å². The van der Waals surface area contributed by atoms with Gasteiger partial charge >= 0.3 is 0 Å². The molecule has 0 aliphatic rings. The number of benzene rings is 1. The molecule has 0 saturated heterocycles. The van der Waals surface area contributed by atoms with Crippen LogP contribution in [0, 0.1) is 6.92 Å². The Hall–Kier alpha value is -1.02. The van der Waals surface area contributed by atoms with Crippen LogP contribution in [0.1, 0.15) is 31.4 Å². The maximum atomic E-state index is 5.28. The highest BCUT2D eigenvalue weighted by atomic mass is 16.5. The van der Waals surface area contributed by atoms with Crippen molar-refractivity contribution < 1.29 is 4.74 Å². The summed E-state index contributed by atoms with van der Waals surface area (Å²) in [6, 6.07) is 6.46. The molecule has 0 spiro atoms. The fraction of sp³-hybridized carbons (Fsp3) is 0.571. The van der Waals surface area contributed by atoms with E-state index in [-0.39, 0.29) is 5.41 Å². The van der Waals surface area contributed by atoms with Crippen LogP contribution in [0.2, 0.25) is 0 Å². The summed E-state index contributed by atoms with van der Waals surface area (Å²) in [6.45, 7) is 7.70. The number of nitrogens with one attached hydrogen (secondary N) is 1. The smallest absolute Gasteiger partial charge is 0.121 e. The summed E-state index contributed by atoms with van der Waals surface area (Å²) in [5, 5.41) is 3.21. The van der Waals surface area contributed by atoms with Crippen LogP contribution < -0.4 is 10.1 Å². The molecule has 1 N–H and O–H groups in total. The van der Waals surface area contributed by atoms with Crippen LogP contribution in [0.15, 0.2) is 18.2 Å². The van der Waals surface area contributed by atoms with Crippen molar-refractivity contribution in [2.24, 2.45) is 0 Å². The van der Waals surface area contributed by atoms with Crippen LogP contribution in [0.3, 0.4) is 0 Å². The second-order valence-corrected chi connectivity index (χ2v) is 4.92. The first-order valence-electron chi connectivity index (χ1n) is 5.81. The SMILES string of the molecule is CNCCC(C)(C)c1ccc(OC)c(C)c1. The number of methoxy groups -OCH3 is 1. The lowest BCUT2D eigenvalue weighted by Gasteiger charge is -2.26. The Morgan fingerprint density at radius 2 is 2.00 bits per heavy atom. The van der Waals surface area contributed by atoms with Gasteiger partial charge in [0.05, 0.1) is 7.11 Å². The third kappa shape index (κ3) is 2.99. The van der Waals surface area contributed by atoms with Crippen molar-refractivity contribution in [1.29, 1.82) is 0 Å². The quantitative estimate of drug-likeness (QED) is 0.825. The Labute approximate surface area is 99.0 Å². The van der Waals surface area contributed by atoms with Gasteiger partial charge in [0.1, 0.15) is 5.75 Å². The first kappa shape index (κ1) is 13.0. The van der Waals surface area contributed by atoms with Gasteiger partial charge in [0.25, 0.3) is 0 Å². The van der Waals surface area contributed by atoms with Crippen molar-refractivity contribution in [2.45, 2.75) is 32.6 Å². The Bertz CT molecular complexity index is 345. The summed E-state index contributed by atoms with van der Waals surface area (Å²) in [5.74, 6) is 0.966. The minimum Gasteiger partial charge on any atom is -0.496 e. The molecule has 2 nitrogen and oxygen atoms in total. The average Bonchev–Trinajstić information content (AvgIpc) is 2.26. The van der Waals surface area contributed by atoms with E-state index in [1.165, 1.54) is 11.1 Å². The van der Waals surface area contributed by atoms with Gasteiger partial charge in [0, 0.05) is 0 Å². The fourth-order valence-corrected chi connectivity index (χ4v) is 1.88. The molecule has 0 unspecified atom stereocenters. The van der Waals surface area contributed by atoms with Crippen molar-refractivity contribution in [2.75, 3.05) is 20.7 Å². The van der Waals surface area contributed by atoms with Crippen molar-refractivity contribution in [3.8, 4) is 5.75 Å². The molecule has 2 heteroatoms. The van der Waals surface area contributed by atoms with E-state index in [2.05, 4.69) is 44.3 Å². The molecule has 0 fully saturated rings.